The molecule has 1 N–H and O–H groups in total. The van der Waals surface area contributed by atoms with Gasteiger partial charge in [0, 0.05) is 12.8 Å². The first-order valence-electron chi connectivity index (χ1n) is 5.65. The lowest BCUT2D eigenvalue weighted by molar-refractivity contribution is 0.602. The summed E-state index contributed by atoms with van der Waals surface area (Å²) in [6, 6.07) is 6.99. The third kappa shape index (κ3) is 5.15. The molecule has 94 valence electrons. The summed E-state index contributed by atoms with van der Waals surface area (Å²) in [7, 11) is -3.08. The van der Waals surface area contributed by atoms with Gasteiger partial charge in [-0.05, 0) is 37.6 Å². The first kappa shape index (κ1) is 13.9. The molecule has 0 fully saturated rings. The highest BCUT2D eigenvalue weighted by molar-refractivity contribution is 7.90. The quantitative estimate of drug-likeness (QED) is 0.624. The summed E-state index contributed by atoms with van der Waals surface area (Å²) >= 11 is 0. The highest BCUT2D eigenvalue weighted by atomic mass is 32.2. The molecule has 0 spiro atoms. The van der Waals surface area contributed by atoms with Gasteiger partial charge < -0.3 is 5.32 Å². The number of rotatable bonds is 6. The minimum absolute atomic E-state index is 0.371. The van der Waals surface area contributed by atoms with Gasteiger partial charge in [-0.25, -0.2) is 8.42 Å². The number of hydrogen-bond donors (Lipinski definition) is 1. The van der Waals surface area contributed by atoms with Crippen LogP contribution >= 0.6 is 0 Å². The van der Waals surface area contributed by atoms with Crippen molar-refractivity contribution in [1.82, 2.24) is 5.32 Å². The van der Waals surface area contributed by atoms with Crippen LogP contribution in [-0.2, 0) is 16.4 Å². The molecule has 1 aromatic rings. The predicted octanol–water partition coefficient (Wildman–Crippen LogP) is 2.15. The van der Waals surface area contributed by atoms with Crippen molar-refractivity contribution in [3.05, 3.63) is 42.0 Å². The first-order chi connectivity index (χ1) is 8.04. The van der Waals surface area contributed by atoms with Crippen LogP contribution in [-0.4, -0.2) is 21.2 Å². The van der Waals surface area contributed by atoms with Crippen molar-refractivity contribution in [1.29, 1.82) is 0 Å². The molecule has 17 heavy (non-hydrogen) atoms. The maximum atomic E-state index is 11.3. The highest BCUT2D eigenvalue weighted by Gasteiger charge is 2.05. The third-order valence-electron chi connectivity index (χ3n) is 2.40. The Balaban J connectivity index is 2.46. The summed E-state index contributed by atoms with van der Waals surface area (Å²) in [5, 5.41) is 3.29. The standard InChI is InChI=1S/C13H19NO2S/c1-3-4-5-10-14-11-12-6-8-13(9-7-12)17(2,15)16/h3-4,6-9,14H,5,10-11H2,1-2H3/b4-3+. The van der Waals surface area contributed by atoms with Gasteiger partial charge >= 0.3 is 0 Å². The Hall–Kier alpha value is -1.13. The molecule has 1 aromatic carbocycles. The molecule has 0 amide bonds. The normalized spacial score (nSPS) is 12.1. The largest absolute Gasteiger partial charge is 0.312 e. The third-order valence-corrected chi connectivity index (χ3v) is 3.53. The summed E-state index contributed by atoms with van der Waals surface area (Å²) in [6.07, 6.45) is 6.37. The van der Waals surface area contributed by atoms with Crippen molar-refractivity contribution in [2.45, 2.75) is 24.8 Å². The molecule has 0 aliphatic rings. The van der Waals surface area contributed by atoms with E-state index in [4.69, 9.17) is 0 Å². The van der Waals surface area contributed by atoms with Crippen molar-refractivity contribution >= 4 is 9.84 Å². The molecule has 0 saturated heterocycles. The van der Waals surface area contributed by atoms with Crippen LogP contribution in [0.4, 0.5) is 0 Å². The molecule has 0 radical (unpaired) electrons. The molecule has 0 aromatic heterocycles. The smallest absolute Gasteiger partial charge is 0.175 e. The van der Waals surface area contributed by atoms with Crippen LogP contribution in [0.5, 0.6) is 0 Å². The van der Waals surface area contributed by atoms with E-state index >= 15 is 0 Å². The molecule has 0 atom stereocenters. The van der Waals surface area contributed by atoms with Crippen LogP contribution in [0.25, 0.3) is 0 Å². The van der Waals surface area contributed by atoms with Crippen molar-refractivity contribution in [2.24, 2.45) is 0 Å². The average molecular weight is 253 g/mol. The lowest BCUT2D eigenvalue weighted by Crippen LogP contribution is -2.14. The van der Waals surface area contributed by atoms with E-state index in [0.717, 1.165) is 25.1 Å². The fourth-order valence-electron chi connectivity index (χ4n) is 1.44. The number of nitrogens with one attached hydrogen (secondary N) is 1. The lowest BCUT2D eigenvalue weighted by Gasteiger charge is -2.04. The maximum Gasteiger partial charge on any atom is 0.175 e. The van der Waals surface area contributed by atoms with Gasteiger partial charge in [0.2, 0.25) is 0 Å². The zero-order chi connectivity index (χ0) is 12.7. The van der Waals surface area contributed by atoms with Gasteiger partial charge in [-0.3, -0.25) is 0 Å². The summed E-state index contributed by atoms with van der Waals surface area (Å²) < 4.78 is 22.5. The number of benzene rings is 1. The van der Waals surface area contributed by atoms with Gasteiger partial charge in [0.05, 0.1) is 4.90 Å². The fraction of sp³-hybridized carbons (Fsp3) is 0.385. The summed E-state index contributed by atoms with van der Waals surface area (Å²) in [5.41, 5.74) is 1.10. The van der Waals surface area contributed by atoms with E-state index in [1.165, 1.54) is 6.26 Å². The fourth-order valence-corrected chi connectivity index (χ4v) is 2.07. The van der Waals surface area contributed by atoms with Crippen LogP contribution in [0, 0.1) is 0 Å². The van der Waals surface area contributed by atoms with Crippen LogP contribution in [0.3, 0.4) is 0 Å². The minimum Gasteiger partial charge on any atom is -0.312 e. The maximum absolute atomic E-state index is 11.3. The molecular formula is C13H19NO2S. The second kappa shape index (κ2) is 6.57. The molecule has 0 aliphatic heterocycles. The molecule has 0 heterocycles. The molecule has 0 aliphatic carbocycles. The Morgan fingerprint density at radius 3 is 2.41 bits per heavy atom. The summed E-state index contributed by atoms with van der Waals surface area (Å²) in [4.78, 5) is 0.371. The summed E-state index contributed by atoms with van der Waals surface area (Å²) in [5.74, 6) is 0. The van der Waals surface area contributed by atoms with E-state index in [0.29, 0.717) is 4.90 Å². The summed E-state index contributed by atoms with van der Waals surface area (Å²) in [6.45, 7) is 3.70. The Labute approximate surface area is 103 Å². The second-order valence-electron chi connectivity index (χ2n) is 3.95. The van der Waals surface area contributed by atoms with Crippen LogP contribution in [0.15, 0.2) is 41.3 Å². The first-order valence-corrected chi connectivity index (χ1v) is 7.54. The zero-order valence-electron chi connectivity index (χ0n) is 10.3. The van der Waals surface area contributed by atoms with Gasteiger partial charge in [-0.2, -0.15) is 0 Å². The van der Waals surface area contributed by atoms with E-state index < -0.39 is 9.84 Å². The minimum atomic E-state index is -3.08. The van der Waals surface area contributed by atoms with Crippen LogP contribution in [0.1, 0.15) is 18.9 Å². The number of sulfone groups is 1. The Bertz CT molecular complexity index is 461. The Morgan fingerprint density at radius 2 is 1.88 bits per heavy atom. The molecule has 0 unspecified atom stereocenters. The van der Waals surface area contributed by atoms with E-state index in [1.54, 1.807) is 12.1 Å². The van der Waals surface area contributed by atoms with Gasteiger partial charge in [0.1, 0.15) is 0 Å². The van der Waals surface area contributed by atoms with E-state index in [-0.39, 0.29) is 0 Å². The average Bonchev–Trinajstić information content (AvgIpc) is 2.28. The Morgan fingerprint density at radius 1 is 1.24 bits per heavy atom. The molecule has 0 bridgehead atoms. The van der Waals surface area contributed by atoms with E-state index in [9.17, 15) is 8.42 Å². The van der Waals surface area contributed by atoms with Gasteiger partial charge in [-0.15, -0.1) is 0 Å². The van der Waals surface area contributed by atoms with Gasteiger partial charge in [-0.1, -0.05) is 24.3 Å². The van der Waals surface area contributed by atoms with Gasteiger partial charge in [0.25, 0.3) is 0 Å². The SMILES string of the molecule is C/C=C/CCNCc1ccc(S(C)(=O)=O)cc1. The lowest BCUT2D eigenvalue weighted by atomic mass is 10.2. The topological polar surface area (TPSA) is 46.2 Å². The van der Waals surface area contributed by atoms with Crippen molar-refractivity contribution in [3.8, 4) is 0 Å². The molecule has 3 nitrogen and oxygen atoms in total. The number of allylic oxidation sites excluding steroid dienone is 1. The zero-order valence-corrected chi connectivity index (χ0v) is 11.1. The van der Waals surface area contributed by atoms with Gasteiger partial charge in [0.15, 0.2) is 9.84 Å². The molecule has 4 heteroatoms. The van der Waals surface area contributed by atoms with Crippen LogP contribution < -0.4 is 5.32 Å². The molecule has 1 rings (SSSR count). The highest BCUT2D eigenvalue weighted by Crippen LogP contribution is 2.09. The second-order valence-corrected chi connectivity index (χ2v) is 5.97. The molecule has 0 saturated carbocycles. The molecular weight excluding hydrogens is 234 g/mol. The van der Waals surface area contributed by atoms with E-state index in [2.05, 4.69) is 11.4 Å². The van der Waals surface area contributed by atoms with Crippen molar-refractivity contribution in [2.75, 3.05) is 12.8 Å². The monoisotopic (exact) mass is 253 g/mol. The predicted molar refractivity (Wildman–Crippen MR) is 70.7 cm³/mol. The van der Waals surface area contributed by atoms with Crippen molar-refractivity contribution in [3.63, 3.8) is 0 Å². The number of hydrogen-bond acceptors (Lipinski definition) is 3. The van der Waals surface area contributed by atoms with Crippen LogP contribution in [0.2, 0.25) is 0 Å². The van der Waals surface area contributed by atoms with Crippen molar-refractivity contribution < 1.29 is 8.42 Å². The Kier molecular flexibility index (Phi) is 5.38. The van der Waals surface area contributed by atoms with E-state index in [1.807, 2.05) is 25.1 Å².